The maximum absolute atomic E-state index is 11.8. The number of hydrogen-bond acceptors (Lipinski definition) is 5. The topological polar surface area (TPSA) is 105 Å². The molecule has 102 valence electrons. The molecule has 1 rings (SSSR count). The first kappa shape index (κ1) is 15.2. The lowest BCUT2D eigenvalue weighted by Crippen LogP contribution is -2.26. The number of aromatic nitrogens is 1. The van der Waals surface area contributed by atoms with Crippen molar-refractivity contribution in [3.63, 3.8) is 0 Å². The molecule has 4 N–H and O–H groups in total. The number of halogens is 1. The Kier molecular flexibility index (Phi) is 4.57. The summed E-state index contributed by atoms with van der Waals surface area (Å²) >= 11 is 3.18. The SMILES string of the molecule is CC(C)(O)CCS(=O)(=O)Nc1cc(Br)cnc1N. The van der Waals surface area contributed by atoms with Gasteiger partial charge < -0.3 is 10.8 Å². The minimum Gasteiger partial charge on any atom is -0.390 e. The first-order valence-corrected chi connectivity index (χ1v) is 7.67. The molecule has 0 aliphatic rings. The Morgan fingerprint density at radius 2 is 2.17 bits per heavy atom. The van der Waals surface area contributed by atoms with E-state index in [4.69, 9.17) is 5.73 Å². The molecule has 0 atom stereocenters. The van der Waals surface area contributed by atoms with Gasteiger partial charge >= 0.3 is 0 Å². The average Bonchev–Trinajstić information content (AvgIpc) is 2.20. The van der Waals surface area contributed by atoms with Crippen LogP contribution in [0.25, 0.3) is 0 Å². The Morgan fingerprint density at radius 1 is 1.56 bits per heavy atom. The Labute approximate surface area is 115 Å². The molecule has 6 nitrogen and oxygen atoms in total. The maximum Gasteiger partial charge on any atom is 0.232 e. The quantitative estimate of drug-likeness (QED) is 0.751. The van der Waals surface area contributed by atoms with E-state index in [1.807, 2.05) is 0 Å². The highest BCUT2D eigenvalue weighted by atomic mass is 79.9. The molecule has 0 saturated heterocycles. The predicted octanol–water partition coefficient (Wildman–Crippen LogP) is 1.33. The zero-order valence-electron chi connectivity index (χ0n) is 10.1. The van der Waals surface area contributed by atoms with E-state index in [1.165, 1.54) is 12.3 Å². The molecule has 0 aliphatic carbocycles. The van der Waals surface area contributed by atoms with Gasteiger partial charge in [0.25, 0.3) is 0 Å². The van der Waals surface area contributed by atoms with E-state index in [9.17, 15) is 13.5 Å². The van der Waals surface area contributed by atoms with Crippen LogP contribution in [-0.4, -0.2) is 29.9 Å². The monoisotopic (exact) mass is 337 g/mol. The van der Waals surface area contributed by atoms with Gasteiger partial charge in [-0.3, -0.25) is 4.72 Å². The van der Waals surface area contributed by atoms with Crippen molar-refractivity contribution >= 4 is 37.5 Å². The summed E-state index contributed by atoms with van der Waals surface area (Å²) in [6.45, 7) is 3.11. The number of pyridine rings is 1. The Balaban J connectivity index is 2.80. The van der Waals surface area contributed by atoms with Gasteiger partial charge in [-0.05, 0) is 42.3 Å². The first-order chi connectivity index (χ1) is 8.09. The van der Waals surface area contributed by atoms with Crippen molar-refractivity contribution in [2.24, 2.45) is 0 Å². The number of nitrogens with zero attached hydrogens (tertiary/aromatic N) is 1. The van der Waals surface area contributed by atoms with Crippen LogP contribution in [-0.2, 0) is 10.0 Å². The van der Waals surface area contributed by atoms with Crippen molar-refractivity contribution in [3.05, 3.63) is 16.7 Å². The molecule has 1 aromatic heterocycles. The third-order valence-corrected chi connectivity index (χ3v) is 3.84. The number of anilines is 2. The van der Waals surface area contributed by atoms with Crippen LogP contribution in [0.1, 0.15) is 20.3 Å². The number of rotatable bonds is 5. The van der Waals surface area contributed by atoms with E-state index in [2.05, 4.69) is 25.6 Å². The van der Waals surface area contributed by atoms with Gasteiger partial charge in [0.15, 0.2) is 0 Å². The van der Waals surface area contributed by atoms with Gasteiger partial charge in [-0.1, -0.05) is 0 Å². The summed E-state index contributed by atoms with van der Waals surface area (Å²) in [5, 5.41) is 9.51. The fourth-order valence-electron chi connectivity index (χ4n) is 1.13. The van der Waals surface area contributed by atoms with Gasteiger partial charge in [-0.15, -0.1) is 0 Å². The van der Waals surface area contributed by atoms with E-state index >= 15 is 0 Å². The lowest BCUT2D eigenvalue weighted by Gasteiger charge is -2.17. The third kappa shape index (κ3) is 5.19. The minimum absolute atomic E-state index is 0.102. The minimum atomic E-state index is -3.56. The second-order valence-electron chi connectivity index (χ2n) is 4.57. The normalized spacial score (nSPS) is 12.4. The average molecular weight is 338 g/mol. The van der Waals surface area contributed by atoms with Crippen molar-refractivity contribution in [1.29, 1.82) is 0 Å². The van der Waals surface area contributed by atoms with Crippen LogP contribution in [0.3, 0.4) is 0 Å². The molecular weight excluding hydrogens is 322 g/mol. The fourth-order valence-corrected chi connectivity index (χ4v) is 2.83. The second-order valence-corrected chi connectivity index (χ2v) is 7.33. The Bertz CT molecular complexity index is 526. The molecular formula is C10H16BrN3O3S. The van der Waals surface area contributed by atoms with Gasteiger partial charge in [0.1, 0.15) is 5.82 Å². The van der Waals surface area contributed by atoms with E-state index < -0.39 is 15.6 Å². The lowest BCUT2D eigenvalue weighted by atomic mass is 10.1. The first-order valence-electron chi connectivity index (χ1n) is 5.23. The van der Waals surface area contributed by atoms with Crippen molar-refractivity contribution in [3.8, 4) is 0 Å². The second kappa shape index (κ2) is 5.41. The van der Waals surface area contributed by atoms with Crippen LogP contribution >= 0.6 is 15.9 Å². The summed E-state index contributed by atoms with van der Waals surface area (Å²) in [4.78, 5) is 3.83. The molecule has 0 aromatic carbocycles. The van der Waals surface area contributed by atoms with Crippen LogP contribution < -0.4 is 10.5 Å². The van der Waals surface area contributed by atoms with Gasteiger partial charge in [-0.2, -0.15) is 0 Å². The Hall–Kier alpha value is -0.860. The lowest BCUT2D eigenvalue weighted by molar-refractivity contribution is 0.0772. The van der Waals surface area contributed by atoms with E-state index in [0.717, 1.165) is 0 Å². The summed E-state index contributed by atoms with van der Waals surface area (Å²) in [6, 6.07) is 1.53. The molecule has 1 heterocycles. The molecule has 8 heteroatoms. The molecule has 0 unspecified atom stereocenters. The molecule has 0 fully saturated rings. The van der Waals surface area contributed by atoms with E-state index in [-0.39, 0.29) is 23.7 Å². The van der Waals surface area contributed by atoms with Crippen LogP contribution in [0.5, 0.6) is 0 Å². The summed E-state index contributed by atoms with van der Waals surface area (Å²) in [5.74, 6) is -0.0901. The molecule has 0 spiro atoms. The largest absolute Gasteiger partial charge is 0.390 e. The zero-order valence-corrected chi connectivity index (χ0v) is 12.5. The van der Waals surface area contributed by atoms with Gasteiger partial charge in [0, 0.05) is 10.7 Å². The van der Waals surface area contributed by atoms with Crippen molar-refractivity contribution in [1.82, 2.24) is 4.98 Å². The molecule has 0 saturated carbocycles. The van der Waals surface area contributed by atoms with Crippen molar-refractivity contribution in [2.75, 3.05) is 16.2 Å². The van der Waals surface area contributed by atoms with Crippen LogP contribution in [0.4, 0.5) is 11.5 Å². The smallest absolute Gasteiger partial charge is 0.232 e. The van der Waals surface area contributed by atoms with Crippen LogP contribution in [0, 0.1) is 0 Å². The highest BCUT2D eigenvalue weighted by Crippen LogP contribution is 2.22. The number of sulfonamides is 1. The number of aliphatic hydroxyl groups is 1. The summed E-state index contributed by atoms with van der Waals surface area (Å²) < 4.78 is 26.5. The van der Waals surface area contributed by atoms with Crippen LogP contribution in [0.2, 0.25) is 0 Å². The molecule has 0 amide bonds. The maximum atomic E-state index is 11.8. The summed E-state index contributed by atoms with van der Waals surface area (Å²) in [5.41, 5.74) is 4.76. The van der Waals surface area contributed by atoms with Gasteiger partial charge in [-0.25, -0.2) is 13.4 Å². The third-order valence-electron chi connectivity index (χ3n) is 2.13. The number of nitrogens with one attached hydrogen (secondary N) is 1. The molecule has 0 bridgehead atoms. The van der Waals surface area contributed by atoms with Crippen molar-refractivity contribution in [2.45, 2.75) is 25.9 Å². The number of hydrogen-bond donors (Lipinski definition) is 3. The Morgan fingerprint density at radius 3 is 2.72 bits per heavy atom. The highest BCUT2D eigenvalue weighted by Gasteiger charge is 2.19. The van der Waals surface area contributed by atoms with Gasteiger partial charge in [0.05, 0.1) is 17.0 Å². The fraction of sp³-hybridized carbons (Fsp3) is 0.500. The number of nitrogens with two attached hydrogens (primary N) is 1. The van der Waals surface area contributed by atoms with Crippen LogP contribution in [0.15, 0.2) is 16.7 Å². The summed E-state index contributed by atoms with van der Waals surface area (Å²) in [6.07, 6.45) is 1.60. The van der Waals surface area contributed by atoms with Gasteiger partial charge in [0.2, 0.25) is 10.0 Å². The standard InChI is InChI=1S/C10H16BrN3O3S/c1-10(2,15)3-4-18(16,17)14-8-5-7(11)6-13-9(8)12/h5-6,14-15H,3-4H2,1-2H3,(H2,12,13). The molecule has 0 aliphatic heterocycles. The highest BCUT2D eigenvalue weighted by molar-refractivity contribution is 9.10. The zero-order chi connectivity index (χ0) is 14.0. The number of nitrogen functional groups attached to an aromatic ring is 1. The molecule has 18 heavy (non-hydrogen) atoms. The summed E-state index contributed by atoms with van der Waals surface area (Å²) in [7, 11) is -3.56. The molecule has 0 radical (unpaired) electrons. The van der Waals surface area contributed by atoms with E-state index in [1.54, 1.807) is 13.8 Å². The predicted molar refractivity (Wildman–Crippen MR) is 74.7 cm³/mol. The molecule has 1 aromatic rings. The van der Waals surface area contributed by atoms with Crippen molar-refractivity contribution < 1.29 is 13.5 Å². The van der Waals surface area contributed by atoms with E-state index in [0.29, 0.717) is 4.47 Å².